The van der Waals surface area contributed by atoms with E-state index < -0.39 is 5.41 Å². The third-order valence-corrected chi connectivity index (χ3v) is 12.7. The zero-order valence-electron chi connectivity index (χ0n) is 32.2. The Morgan fingerprint density at radius 1 is 0.368 bits per heavy atom. The molecule has 1 nitrogen and oxygen atoms in total. The van der Waals surface area contributed by atoms with Crippen molar-refractivity contribution < 1.29 is 0 Å². The summed E-state index contributed by atoms with van der Waals surface area (Å²) in [6, 6.07) is 78.8. The molecule has 0 amide bonds. The molecule has 57 heavy (non-hydrogen) atoms. The van der Waals surface area contributed by atoms with Gasteiger partial charge in [-0.15, -0.1) is 0 Å². The van der Waals surface area contributed by atoms with E-state index in [4.69, 9.17) is 0 Å². The molecule has 0 radical (unpaired) electrons. The van der Waals surface area contributed by atoms with Crippen LogP contribution in [-0.2, 0) is 10.8 Å². The minimum atomic E-state index is -0.530. The third-order valence-electron chi connectivity index (χ3n) is 12.7. The maximum Gasteiger partial charge on any atom is 0.0714 e. The van der Waals surface area contributed by atoms with Gasteiger partial charge in [0.2, 0.25) is 0 Å². The number of hydrogen-bond acceptors (Lipinski definition) is 1. The highest BCUT2D eigenvalue weighted by molar-refractivity contribution is 6.08. The lowest BCUT2D eigenvalue weighted by Gasteiger charge is -2.34. The van der Waals surface area contributed by atoms with Crippen molar-refractivity contribution in [2.24, 2.45) is 0 Å². The zero-order valence-corrected chi connectivity index (χ0v) is 32.2. The molecule has 2 aliphatic rings. The second kappa shape index (κ2) is 12.8. The van der Waals surface area contributed by atoms with E-state index in [0.29, 0.717) is 0 Å². The van der Waals surface area contributed by atoms with E-state index in [0.717, 1.165) is 11.4 Å². The fourth-order valence-electron chi connectivity index (χ4n) is 10.2. The number of nitrogens with zero attached hydrogens (tertiary/aromatic N) is 1. The third kappa shape index (κ3) is 4.89. The Hall–Kier alpha value is -6.96. The van der Waals surface area contributed by atoms with Crippen LogP contribution >= 0.6 is 0 Å². The number of benzene rings is 9. The van der Waals surface area contributed by atoms with Crippen LogP contribution in [0.1, 0.15) is 47.2 Å². The van der Waals surface area contributed by atoms with Crippen molar-refractivity contribution in [3.63, 3.8) is 0 Å². The first-order chi connectivity index (χ1) is 28.0. The van der Waals surface area contributed by atoms with Gasteiger partial charge in [-0.1, -0.05) is 196 Å². The van der Waals surface area contributed by atoms with Gasteiger partial charge in [0.1, 0.15) is 0 Å². The summed E-state index contributed by atoms with van der Waals surface area (Å²) in [5, 5.41) is 2.51. The average Bonchev–Trinajstić information content (AvgIpc) is 3.71. The first-order valence-corrected chi connectivity index (χ1v) is 20.0. The summed E-state index contributed by atoms with van der Waals surface area (Å²) in [5.41, 5.74) is 18.3. The van der Waals surface area contributed by atoms with Crippen LogP contribution in [0.25, 0.3) is 44.2 Å². The maximum absolute atomic E-state index is 2.52. The van der Waals surface area contributed by atoms with Crippen molar-refractivity contribution >= 4 is 27.8 Å². The second-order valence-electron chi connectivity index (χ2n) is 16.0. The number of anilines is 3. The van der Waals surface area contributed by atoms with Crippen LogP contribution in [-0.4, -0.2) is 0 Å². The highest BCUT2D eigenvalue weighted by Gasteiger charge is 2.48. The highest BCUT2D eigenvalue weighted by atomic mass is 15.1. The molecule has 0 saturated heterocycles. The molecule has 11 rings (SSSR count). The van der Waals surface area contributed by atoms with Crippen LogP contribution in [0.15, 0.2) is 212 Å². The predicted molar refractivity (Wildman–Crippen MR) is 239 cm³/mol. The normalized spacial score (nSPS) is 14.1. The van der Waals surface area contributed by atoms with Crippen LogP contribution < -0.4 is 4.90 Å². The largest absolute Gasteiger partial charge is 0.310 e. The molecule has 0 heterocycles. The molecule has 0 aromatic heterocycles. The van der Waals surface area contributed by atoms with Gasteiger partial charge in [0.25, 0.3) is 0 Å². The van der Waals surface area contributed by atoms with Gasteiger partial charge in [-0.05, 0) is 102 Å². The van der Waals surface area contributed by atoms with Crippen molar-refractivity contribution in [1.82, 2.24) is 0 Å². The number of rotatable bonds is 6. The predicted octanol–water partition coefficient (Wildman–Crippen LogP) is 14.6. The summed E-state index contributed by atoms with van der Waals surface area (Å²) in [7, 11) is 0. The van der Waals surface area contributed by atoms with Gasteiger partial charge in [-0.3, -0.25) is 0 Å². The molecule has 2 aliphatic carbocycles. The van der Waals surface area contributed by atoms with Crippen molar-refractivity contribution in [3.8, 4) is 33.4 Å². The molecule has 0 saturated carbocycles. The Bertz CT molecular complexity index is 2920. The molecule has 1 heteroatoms. The molecule has 0 aliphatic heterocycles. The lowest BCUT2D eigenvalue weighted by molar-refractivity contribution is 0.660. The summed E-state index contributed by atoms with van der Waals surface area (Å²) in [6.45, 7) is 4.74. The van der Waals surface area contributed by atoms with Crippen LogP contribution in [0.5, 0.6) is 0 Å². The molecule has 270 valence electrons. The van der Waals surface area contributed by atoms with E-state index in [1.165, 1.54) is 83.2 Å². The molecule has 0 N–H and O–H groups in total. The van der Waals surface area contributed by atoms with Crippen molar-refractivity contribution in [2.75, 3.05) is 4.90 Å². The fraction of sp³-hybridized carbons (Fsp3) is 0.0714. The smallest absolute Gasteiger partial charge is 0.0714 e. The number of fused-ring (bicyclic) bond motifs is 8. The van der Waals surface area contributed by atoms with Crippen molar-refractivity contribution in [3.05, 3.63) is 246 Å². The zero-order chi connectivity index (χ0) is 38.1. The Morgan fingerprint density at radius 2 is 0.930 bits per heavy atom. The fourth-order valence-corrected chi connectivity index (χ4v) is 10.2. The Kier molecular flexibility index (Phi) is 7.50. The van der Waals surface area contributed by atoms with E-state index in [1.807, 2.05) is 0 Å². The van der Waals surface area contributed by atoms with Crippen LogP contribution in [0.2, 0.25) is 0 Å². The molecule has 0 atom stereocenters. The van der Waals surface area contributed by atoms with Gasteiger partial charge in [0.15, 0.2) is 0 Å². The molecule has 9 aromatic rings. The summed E-state index contributed by atoms with van der Waals surface area (Å²) in [6.07, 6.45) is 0. The molecule has 0 unspecified atom stereocenters. The minimum absolute atomic E-state index is 0.137. The molecular formula is C56H41N. The molecule has 9 aromatic carbocycles. The van der Waals surface area contributed by atoms with E-state index in [1.54, 1.807) is 0 Å². The van der Waals surface area contributed by atoms with Crippen LogP contribution in [0, 0.1) is 0 Å². The first kappa shape index (κ1) is 33.4. The molecule has 0 bridgehead atoms. The van der Waals surface area contributed by atoms with Gasteiger partial charge in [-0.25, -0.2) is 0 Å². The summed E-state index contributed by atoms with van der Waals surface area (Å²) >= 11 is 0. The SMILES string of the molecule is CC1(C)c2ccccc2-c2ccc(N(c3ccc(-c4ccccc4)cc3)c3cccc4c3-c3c(ccc5ccccc35)C4(c3ccccc3)c3ccccc3)cc21. The highest BCUT2D eigenvalue weighted by Crippen LogP contribution is 2.61. The molecular weight excluding hydrogens is 687 g/mol. The first-order valence-electron chi connectivity index (χ1n) is 20.0. The maximum atomic E-state index is 2.52. The standard InChI is InChI=1S/C56H41N/c1-55(2)48-26-15-14-25-46(48)47-35-34-44(37-51(47)55)57(43-32-29-39(30-33-43)38-17-6-3-7-18-38)52-28-16-27-49-54(52)53-45-24-13-12-19-40(45)31-36-50(53)56(49,41-20-8-4-9-21-41)42-22-10-5-11-23-42/h3-37H,1-2H3. The van der Waals surface area contributed by atoms with E-state index in [9.17, 15) is 0 Å². The Labute approximate surface area is 335 Å². The topological polar surface area (TPSA) is 3.24 Å². The van der Waals surface area contributed by atoms with E-state index >= 15 is 0 Å². The lowest BCUT2D eigenvalue weighted by atomic mass is 9.67. The summed E-state index contributed by atoms with van der Waals surface area (Å²) < 4.78 is 0. The van der Waals surface area contributed by atoms with Gasteiger partial charge >= 0.3 is 0 Å². The Balaban J connectivity index is 1.23. The molecule has 0 spiro atoms. The monoisotopic (exact) mass is 727 g/mol. The summed E-state index contributed by atoms with van der Waals surface area (Å²) in [5.74, 6) is 0. The van der Waals surface area contributed by atoms with Gasteiger partial charge in [-0.2, -0.15) is 0 Å². The van der Waals surface area contributed by atoms with Gasteiger partial charge < -0.3 is 4.90 Å². The quantitative estimate of drug-likeness (QED) is 0.165. The van der Waals surface area contributed by atoms with Gasteiger partial charge in [0, 0.05) is 22.4 Å². The lowest BCUT2D eigenvalue weighted by Crippen LogP contribution is -2.28. The van der Waals surface area contributed by atoms with E-state index in [2.05, 4.69) is 231 Å². The summed E-state index contributed by atoms with van der Waals surface area (Å²) in [4.78, 5) is 2.52. The van der Waals surface area contributed by atoms with E-state index in [-0.39, 0.29) is 5.41 Å². The molecule has 0 fully saturated rings. The Morgan fingerprint density at radius 3 is 1.67 bits per heavy atom. The van der Waals surface area contributed by atoms with Gasteiger partial charge in [0.05, 0.1) is 11.1 Å². The van der Waals surface area contributed by atoms with Crippen molar-refractivity contribution in [2.45, 2.75) is 24.7 Å². The second-order valence-corrected chi connectivity index (χ2v) is 16.0. The number of hydrogen-bond donors (Lipinski definition) is 0. The average molecular weight is 728 g/mol. The van der Waals surface area contributed by atoms with Crippen molar-refractivity contribution in [1.29, 1.82) is 0 Å². The minimum Gasteiger partial charge on any atom is -0.310 e. The van der Waals surface area contributed by atoms with Crippen LogP contribution in [0.3, 0.4) is 0 Å². The van der Waals surface area contributed by atoms with Crippen LogP contribution in [0.4, 0.5) is 17.1 Å².